The van der Waals surface area contributed by atoms with Crippen LogP contribution >= 0.6 is 21.6 Å². The van der Waals surface area contributed by atoms with Crippen molar-refractivity contribution in [2.45, 2.75) is 10.2 Å². The highest BCUT2D eigenvalue weighted by molar-refractivity contribution is 8.76. The van der Waals surface area contributed by atoms with E-state index in [2.05, 4.69) is 9.47 Å². The summed E-state index contributed by atoms with van der Waals surface area (Å²) in [4.78, 5) is 22.5. The number of esters is 2. The van der Waals surface area contributed by atoms with Crippen molar-refractivity contribution in [3.8, 4) is 0 Å². The quantitative estimate of drug-likeness (QED) is 0.614. The van der Waals surface area contributed by atoms with Crippen LogP contribution in [0.5, 0.6) is 0 Å². The van der Waals surface area contributed by atoms with E-state index in [9.17, 15) is 9.59 Å². The van der Waals surface area contributed by atoms with E-state index in [1.54, 1.807) is 12.1 Å². The zero-order valence-corrected chi connectivity index (χ0v) is 12.2. The Morgan fingerprint density at radius 2 is 1.30 bits per heavy atom. The maximum Gasteiger partial charge on any atom is 0.341 e. The minimum Gasteiger partial charge on any atom is -0.465 e. The van der Waals surface area contributed by atoms with Gasteiger partial charge in [0.05, 0.1) is 25.3 Å². The number of carbonyl (C=O) groups excluding carboxylic acids is 2. The molecular formula is C12H10O6S2. The van der Waals surface area contributed by atoms with Gasteiger partial charge in [-0.05, 0) is 21.6 Å². The highest BCUT2D eigenvalue weighted by Crippen LogP contribution is 2.39. The Bertz CT molecular complexity index is 561. The summed E-state index contributed by atoms with van der Waals surface area (Å²) in [6.07, 6.45) is 2.63. The van der Waals surface area contributed by atoms with Crippen molar-refractivity contribution < 1.29 is 27.9 Å². The lowest BCUT2D eigenvalue weighted by Gasteiger charge is -1.92. The predicted octanol–water partition coefficient (Wildman–Crippen LogP) is 3.25. The van der Waals surface area contributed by atoms with E-state index in [4.69, 9.17) is 8.83 Å². The van der Waals surface area contributed by atoms with Crippen LogP contribution in [0.1, 0.15) is 20.7 Å². The average Bonchev–Trinajstić information content (AvgIpc) is 3.12. The molecule has 0 saturated carbocycles. The molecule has 20 heavy (non-hydrogen) atoms. The van der Waals surface area contributed by atoms with E-state index in [1.165, 1.54) is 48.3 Å². The summed E-state index contributed by atoms with van der Waals surface area (Å²) in [6.45, 7) is 0. The van der Waals surface area contributed by atoms with Crippen molar-refractivity contribution in [1.82, 2.24) is 0 Å². The van der Waals surface area contributed by atoms with Gasteiger partial charge in [-0.2, -0.15) is 0 Å². The smallest absolute Gasteiger partial charge is 0.341 e. The molecule has 0 saturated heterocycles. The standard InChI is InChI=1S/C12H10O6S2/c1-15-11(13)7-3-9(17-5-7)19-20-10-4-8(6-18-10)12(14)16-2/h3-6H,1-2H3. The highest BCUT2D eigenvalue weighted by atomic mass is 33.1. The van der Waals surface area contributed by atoms with Gasteiger partial charge in [-0.25, -0.2) is 9.59 Å². The second kappa shape index (κ2) is 6.58. The molecule has 0 aliphatic carbocycles. The van der Waals surface area contributed by atoms with Gasteiger partial charge < -0.3 is 18.3 Å². The monoisotopic (exact) mass is 314 g/mol. The van der Waals surface area contributed by atoms with Crippen molar-refractivity contribution in [2.75, 3.05) is 14.2 Å². The van der Waals surface area contributed by atoms with Gasteiger partial charge in [-0.1, -0.05) is 0 Å². The third-order valence-electron chi connectivity index (χ3n) is 2.20. The predicted molar refractivity (Wildman–Crippen MR) is 71.8 cm³/mol. The van der Waals surface area contributed by atoms with E-state index in [0.717, 1.165) is 0 Å². The third kappa shape index (κ3) is 3.40. The second-order valence-corrected chi connectivity index (χ2v) is 5.60. The van der Waals surface area contributed by atoms with Gasteiger partial charge in [0.25, 0.3) is 0 Å². The van der Waals surface area contributed by atoms with Gasteiger partial charge in [0.15, 0.2) is 10.2 Å². The van der Waals surface area contributed by atoms with Crippen LogP contribution < -0.4 is 0 Å². The summed E-state index contributed by atoms with van der Waals surface area (Å²) >= 11 is 0. The van der Waals surface area contributed by atoms with Crippen molar-refractivity contribution in [3.05, 3.63) is 35.8 Å². The Balaban J connectivity index is 1.95. The molecule has 0 unspecified atom stereocenters. The van der Waals surface area contributed by atoms with E-state index in [1.807, 2.05) is 0 Å². The molecule has 0 fully saturated rings. The molecule has 106 valence electrons. The first-order chi connectivity index (χ1) is 9.63. The van der Waals surface area contributed by atoms with Gasteiger partial charge in [0.2, 0.25) is 0 Å². The first-order valence-corrected chi connectivity index (χ1v) is 7.47. The van der Waals surface area contributed by atoms with Crippen LogP contribution in [0, 0.1) is 0 Å². The molecule has 0 aliphatic heterocycles. The van der Waals surface area contributed by atoms with Crippen LogP contribution in [-0.2, 0) is 9.47 Å². The first kappa shape index (κ1) is 14.6. The Morgan fingerprint density at radius 3 is 1.65 bits per heavy atom. The molecule has 2 heterocycles. The van der Waals surface area contributed by atoms with Crippen LogP contribution in [0.2, 0.25) is 0 Å². The Labute approximate surface area is 122 Å². The Kier molecular flexibility index (Phi) is 4.80. The zero-order valence-electron chi connectivity index (χ0n) is 10.6. The highest BCUT2D eigenvalue weighted by Gasteiger charge is 2.14. The van der Waals surface area contributed by atoms with E-state index < -0.39 is 11.9 Å². The van der Waals surface area contributed by atoms with Crippen LogP contribution in [0.4, 0.5) is 0 Å². The molecule has 8 heteroatoms. The maximum absolute atomic E-state index is 11.2. The summed E-state index contributed by atoms with van der Waals surface area (Å²) in [5.41, 5.74) is 0.676. The van der Waals surface area contributed by atoms with Crippen molar-refractivity contribution in [1.29, 1.82) is 0 Å². The molecule has 2 aromatic rings. The van der Waals surface area contributed by atoms with Gasteiger partial charge >= 0.3 is 11.9 Å². The van der Waals surface area contributed by atoms with Gasteiger partial charge in [-0.15, -0.1) is 0 Å². The van der Waals surface area contributed by atoms with Crippen molar-refractivity contribution in [2.24, 2.45) is 0 Å². The molecule has 0 N–H and O–H groups in total. The molecule has 0 aromatic carbocycles. The van der Waals surface area contributed by atoms with Crippen LogP contribution in [0.25, 0.3) is 0 Å². The minimum atomic E-state index is -0.462. The SMILES string of the molecule is COC(=O)c1coc(SSc2cc(C(=O)OC)co2)c1. The number of carbonyl (C=O) groups is 2. The normalized spacial score (nSPS) is 10.3. The largest absolute Gasteiger partial charge is 0.465 e. The number of furan rings is 2. The van der Waals surface area contributed by atoms with E-state index in [-0.39, 0.29) is 0 Å². The Morgan fingerprint density at radius 1 is 0.900 bits per heavy atom. The van der Waals surface area contributed by atoms with Crippen molar-refractivity contribution >= 4 is 33.5 Å². The molecule has 0 atom stereocenters. The number of hydrogen-bond donors (Lipinski definition) is 0. The number of ether oxygens (including phenoxy) is 2. The zero-order chi connectivity index (χ0) is 14.5. The molecule has 0 radical (unpaired) electrons. The van der Waals surface area contributed by atoms with E-state index in [0.29, 0.717) is 21.3 Å². The fraction of sp³-hybridized carbons (Fsp3) is 0.167. The maximum atomic E-state index is 11.2. The lowest BCUT2D eigenvalue weighted by molar-refractivity contribution is 0.0591. The number of rotatable bonds is 5. The molecule has 0 spiro atoms. The number of hydrogen-bond acceptors (Lipinski definition) is 8. The van der Waals surface area contributed by atoms with Crippen LogP contribution in [0.15, 0.2) is 43.7 Å². The second-order valence-electron chi connectivity index (χ2n) is 3.46. The summed E-state index contributed by atoms with van der Waals surface area (Å²) in [7, 11) is 5.10. The topological polar surface area (TPSA) is 78.9 Å². The lowest BCUT2D eigenvalue weighted by Crippen LogP contribution is -1.98. The van der Waals surface area contributed by atoms with Gasteiger partial charge in [0.1, 0.15) is 12.5 Å². The van der Waals surface area contributed by atoms with E-state index >= 15 is 0 Å². The van der Waals surface area contributed by atoms with Crippen LogP contribution in [0.3, 0.4) is 0 Å². The van der Waals surface area contributed by atoms with Gasteiger partial charge in [-0.3, -0.25) is 0 Å². The summed E-state index contributed by atoms with van der Waals surface area (Å²) in [5, 5.41) is 1.04. The Hall–Kier alpha value is -1.80. The minimum absolute atomic E-state index is 0.338. The molecule has 0 amide bonds. The van der Waals surface area contributed by atoms with Crippen LogP contribution in [-0.4, -0.2) is 26.2 Å². The molecule has 2 aromatic heterocycles. The average molecular weight is 314 g/mol. The molecule has 2 rings (SSSR count). The third-order valence-corrected chi connectivity index (χ3v) is 4.27. The first-order valence-electron chi connectivity index (χ1n) is 5.32. The summed E-state index contributed by atoms with van der Waals surface area (Å²) < 4.78 is 19.5. The summed E-state index contributed by atoms with van der Waals surface area (Å²) in [6, 6.07) is 3.13. The summed E-state index contributed by atoms with van der Waals surface area (Å²) in [5.74, 6) is -0.923. The molecule has 0 aliphatic rings. The van der Waals surface area contributed by atoms with Gasteiger partial charge in [0, 0.05) is 12.1 Å². The number of methoxy groups -OCH3 is 2. The fourth-order valence-corrected chi connectivity index (χ4v) is 2.96. The lowest BCUT2D eigenvalue weighted by atomic mass is 10.3. The molecular weight excluding hydrogens is 304 g/mol. The molecule has 6 nitrogen and oxygen atoms in total. The molecule has 0 bridgehead atoms. The fourth-order valence-electron chi connectivity index (χ4n) is 1.25. The van der Waals surface area contributed by atoms with Crippen molar-refractivity contribution in [3.63, 3.8) is 0 Å².